The van der Waals surface area contributed by atoms with E-state index in [0.29, 0.717) is 5.56 Å². The second-order valence-corrected chi connectivity index (χ2v) is 8.39. The van der Waals surface area contributed by atoms with E-state index in [9.17, 15) is 18.0 Å². The minimum absolute atomic E-state index is 0.0183. The number of carbonyl (C=O) groups is 2. The van der Waals surface area contributed by atoms with Gasteiger partial charge < -0.3 is 14.8 Å². The fourth-order valence-corrected chi connectivity index (χ4v) is 3.11. The van der Waals surface area contributed by atoms with Crippen LogP contribution >= 0.6 is 0 Å². The van der Waals surface area contributed by atoms with Crippen LogP contribution in [0.1, 0.15) is 26.3 Å². The van der Waals surface area contributed by atoms with Crippen LogP contribution in [0.4, 0.5) is 0 Å². The van der Waals surface area contributed by atoms with Crippen LogP contribution in [0.5, 0.6) is 5.75 Å². The Kier molecular flexibility index (Phi) is 7.98. The number of ether oxygens (including phenoxy) is 2. The number of methoxy groups -OCH3 is 1. The summed E-state index contributed by atoms with van der Waals surface area (Å²) in [6, 6.07) is 4.43. The zero-order valence-corrected chi connectivity index (χ0v) is 17.2. The van der Waals surface area contributed by atoms with Gasteiger partial charge in [0.1, 0.15) is 10.6 Å². The number of sulfonamides is 1. The maximum absolute atomic E-state index is 12.4. The van der Waals surface area contributed by atoms with Gasteiger partial charge >= 0.3 is 5.97 Å². The summed E-state index contributed by atoms with van der Waals surface area (Å²) in [5.74, 6) is -0.910. The fraction of sp³-hybridized carbons (Fsp3) is 0.444. The lowest BCUT2D eigenvalue weighted by atomic mass is 10.2. The van der Waals surface area contributed by atoms with Crippen molar-refractivity contribution in [1.29, 1.82) is 0 Å². The maximum Gasteiger partial charge on any atom is 0.331 e. The van der Waals surface area contributed by atoms with Gasteiger partial charge in [0.2, 0.25) is 10.0 Å². The average molecular weight is 398 g/mol. The summed E-state index contributed by atoms with van der Waals surface area (Å²) in [4.78, 5) is 23.6. The van der Waals surface area contributed by atoms with Gasteiger partial charge in [0.05, 0.1) is 7.11 Å². The smallest absolute Gasteiger partial charge is 0.331 e. The zero-order valence-electron chi connectivity index (χ0n) is 16.3. The Hall–Kier alpha value is -2.39. The van der Waals surface area contributed by atoms with Crippen LogP contribution in [-0.2, 0) is 24.3 Å². The molecule has 1 aromatic rings. The van der Waals surface area contributed by atoms with Crippen molar-refractivity contribution in [1.82, 2.24) is 9.62 Å². The number of hydrogen-bond acceptors (Lipinski definition) is 6. The van der Waals surface area contributed by atoms with Crippen molar-refractivity contribution in [3.05, 3.63) is 29.8 Å². The SMILES string of the molecule is COc1ccc(/C=C/C(=O)O[C@H](C)C(=O)NC(C)C)cc1S(=O)(=O)N(C)C. The number of amides is 1. The lowest BCUT2D eigenvalue weighted by molar-refractivity contribution is -0.150. The molecule has 0 saturated heterocycles. The van der Waals surface area contributed by atoms with E-state index >= 15 is 0 Å². The van der Waals surface area contributed by atoms with Gasteiger partial charge in [0.15, 0.2) is 6.10 Å². The van der Waals surface area contributed by atoms with Gasteiger partial charge in [0, 0.05) is 26.2 Å². The fourth-order valence-electron chi connectivity index (χ4n) is 2.03. The van der Waals surface area contributed by atoms with Crippen LogP contribution in [0.25, 0.3) is 6.08 Å². The van der Waals surface area contributed by atoms with Gasteiger partial charge in [-0.15, -0.1) is 0 Å². The Morgan fingerprint density at radius 2 is 1.81 bits per heavy atom. The first-order chi connectivity index (χ1) is 12.5. The highest BCUT2D eigenvalue weighted by Crippen LogP contribution is 2.27. The lowest BCUT2D eigenvalue weighted by Gasteiger charge is -2.15. The first-order valence-electron chi connectivity index (χ1n) is 8.28. The molecule has 0 saturated carbocycles. The second-order valence-electron chi connectivity index (χ2n) is 6.27. The predicted octanol–water partition coefficient (Wildman–Crippen LogP) is 1.42. The van der Waals surface area contributed by atoms with Crippen molar-refractivity contribution < 1.29 is 27.5 Å². The summed E-state index contributed by atoms with van der Waals surface area (Å²) in [5, 5.41) is 2.64. The minimum atomic E-state index is -3.72. The van der Waals surface area contributed by atoms with Crippen LogP contribution in [0.3, 0.4) is 0 Å². The molecule has 0 spiro atoms. The van der Waals surface area contributed by atoms with Gasteiger partial charge in [-0.05, 0) is 44.5 Å². The highest BCUT2D eigenvalue weighted by molar-refractivity contribution is 7.89. The monoisotopic (exact) mass is 398 g/mol. The Labute approximate surface area is 160 Å². The maximum atomic E-state index is 12.4. The molecular formula is C18H26N2O6S. The standard InChI is InChI=1S/C18H26N2O6S/c1-12(2)19-18(22)13(3)26-17(21)10-8-14-7-9-15(25-6)16(11-14)27(23,24)20(4)5/h7-13H,1-6H3,(H,19,22)/b10-8+/t13-/m1/s1. The molecule has 1 rings (SSSR count). The molecule has 0 fully saturated rings. The normalized spacial score (nSPS) is 13.0. The molecule has 150 valence electrons. The summed E-state index contributed by atoms with van der Waals surface area (Å²) in [6.07, 6.45) is 1.60. The van der Waals surface area contributed by atoms with Gasteiger partial charge in [-0.1, -0.05) is 6.07 Å². The lowest BCUT2D eigenvalue weighted by Crippen LogP contribution is -2.39. The third-order valence-electron chi connectivity index (χ3n) is 3.45. The predicted molar refractivity (Wildman–Crippen MR) is 102 cm³/mol. The molecule has 0 aliphatic heterocycles. The Morgan fingerprint density at radius 3 is 2.33 bits per heavy atom. The Balaban J connectivity index is 2.96. The largest absolute Gasteiger partial charge is 0.495 e. The van der Waals surface area contributed by atoms with Crippen LogP contribution in [0.2, 0.25) is 0 Å². The molecular weight excluding hydrogens is 372 g/mol. The Morgan fingerprint density at radius 1 is 1.19 bits per heavy atom. The summed E-state index contributed by atoms with van der Waals surface area (Å²) in [7, 11) is 0.488. The first kappa shape index (κ1) is 22.7. The molecule has 1 atom stereocenters. The van der Waals surface area contributed by atoms with E-state index in [1.54, 1.807) is 19.9 Å². The van der Waals surface area contributed by atoms with Crippen molar-refractivity contribution in [2.45, 2.75) is 37.8 Å². The van der Waals surface area contributed by atoms with E-state index in [1.807, 2.05) is 0 Å². The molecule has 8 nitrogen and oxygen atoms in total. The van der Waals surface area contributed by atoms with Crippen molar-refractivity contribution in [2.24, 2.45) is 0 Å². The summed E-state index contributed by atoms with van der Waals surface area (Å²) < 4.78 is 36.0. The topological polar surface area (TPSA) is 102 Å². The van der Waals surface area contributed by atoms with Crippen LogP contribution in [0.15, 0.2) is 29.2 Å². The molecule has 0 radical (unpaired) electrons. The van der Waals surface area contributed by atoms with Crippen LogP contribution in [0, 0.1) is 0 Å². The van der Waals surface area contributed by atoms with E-state index in [-0.39, 0.29) is 16.7 Å². The third kappa shape index (κ3) is 6.37. The third-order valence-corrected chi connectivity index (χ3v) is 5.29. The van der Waals surface area contributed by atoms with Crippen molar-refractivity contribution in [2.75, 3.05) is 21.2 Å². The number of carbonyl (C=O) groups excluding carboxylic acids is 2. The van der Waals surface area contributed by atoms with Crippen molar-refractivity contribution in [3.63, 3.8) is 0 Å². The van der Waals surface area contributed by atoms with Crippen molar-refractivity contribution >= 4 is 28.0 Å². The van der Waals surface area contributed by atoms with E-state index in [1.165, 1.54) is 46.3 Å². The molecule has 1 aromatic carbocycles. The van der Waals surface area contributed by atoms with Gasteiger partial charge in [-0.2, -0.15) is 0 Å². The summed E-state index contributed by atoms with van der Waals surface area (Å²) in [6.45, 7) is 5.07. The number of benzene rings is 1. The number of hydrogen-bond donors (Lipinski definition) is 1. The average Bonchev–Trinajstić information content (AvgIpc) is 2.58. The molecule has 0 unspecified atom stereocenters. The first-order valence-corrected chi connectivity index (χ1v) is 9.72. The quantitative estimate of drug-likeness (QED) is 0.525. The van der Waals surface area contributed by atoms with E-state index in [4.69, 9.17) is 9.47 Å². The molecule has 0 aromatic heterocycles. The van der Waals surface area contributed by atoms with E-state index in [2.05, 4.69) is 5.32 Å². The molecule has 9 heteroatoms. The van der Waals surface area contributed by atoms with E-state index in [0.717, 1.165) is 10.4 Å². The van der Waals surface area contributed by atoms with Crippen molar-refractivity contribution in [3.8, 4) is 5.75 Å². The van der Waals surface area contributed by atoms with Crippen LogP contribution < -0.4 is 10.1 Å². The number of nitrogens with zero attached hydrogens (tertiary/aromatic N) is 1. The number of nitrogens with one attached hydrogen (secondary N) is 1. The summed E-state index contributed by atoms with van der Waals surface area (Å²) in [5.41, 5.74) is 0.465. The molecule has 0 heterocycles. The van der Waals surface area contributed by atoms with Gasteiger partial charge in [0.25, 0.3) is 5.91 Å². The Bertz CT molecular complexity index is 815. The molecule has 0 aliphatic carbocycles. The zero-order chi connectivity index (χ0) is 20.8. The van der Waals surface area contributed by atoms with Crippen LogP contribution in [-0.4, -0.2) is 58.0 Å². The highest BCUT2D eigenvalue weighted by atomic mass is 32.2. The molecule has 27 heavy (non-hydrogen) atoms. The minimum Gasteiger partial charge on any atom is -0.495 e. The molecule has 1 amide bonds. The second kappa shape index (κ2) is 9.52. The highest BCUT2D eigenvalue weighted by Gasteiger charge is 2.22. The number of esters is 1. The van der Waals surface area contributed by atoms with E-state index < -0.39 is 28.0 Å². The molecule has 0 bridgehead atoms. The molecule has 0 aliphatic rings. The molecule has 1 N–H and O–H groups in total. The van der Waals surface area contributed by atoms with Gasteiger partial charge in [-0.25, -0.2) is 17.5 Å². The number of rotatable bonds is 8. The summed E-state index contributed by atoms with van der Waals surface area (Å²) >= 11 is 0. The van der Waals surface area contributed by atoms with Gasteiger partial charge in [-0.3, -0.25) is 4.79 Å².